The fraction of sp³-hybridized carbons (Fsp3) is 0.818. The van der Waals surface area contributed by atoms with E-state index in [1.807, 2.05) is 0 Å². The molecule has 1 saturated heterocycles. The largest absolute Gasteiger partial charge is 0.289 e. The van der Waals surface area contributed by atoms with Crippen molar-refractivity contribution in [3.8, 4) is 12.1 Å². The molecule has 2 aliphatic rings. The molecule has 4 heteroatoms. The van der Waals surface area contributed by atoms with Gasteiger partial charge in [0.15, 0.2) is 0 Å². The second-order valence-electron chi connectivity index (χ2n) is 4.40. The van der Waals surface area contributed by atoms with Gasteiger partial charge in [0.2, 0.25) is 0 Å². The molecule has 0 aromatic carbocycles. The quantitative estimate of drug-likeness (QED) is 0.628. The first-order valence-corrected chi connectivity index (χ1v) is 5.57. The van der Waals surface area contributed by atoms with Crippen molar-refractivity contribution in [2.24, 2.45) is 0 Å². The Labute approximate surface area is 90.7 Å². The van der Waals surface area contributed by atoms with E-state index < -0.39 is 0 Å². The van der Waals surface area contributed by atoms with E-state index in [0.29, 0.717) is 25.2 Å². The maximum Gasteiger partial charge on any atom is 0.0871 e. The van der Waals surface area contributed by atoms with Crippen LogP contribution in [0.5, 0.6) is 0 Å². The van der Waals surface area contributed by atoms with Gasteiger partial charge in [-0.3, -0.25) is 9.80 Å². The minimum absolute atomic E-state index is 0.505. The van der Waals surface area contributed by atoms with E-state index in [0.717, 1.165) is 19.5 Å². The third-order valence-electron chi connectivity index (χ3n) is 3.28. The average Bonchev–Trinajstić information content (AvgIpc) is 2.96. The van der Waals surface area contributed by atoms with Gasteiger partial charge in [-0.1, -0.05) is 0 Å². The maximum absolute atomic E-state index is 8.79. The van der Waals surface area contributed by atoms with E-state index in [1.54, 1.807) is 0 Å². The topological polar surface area (TPSA) is 54.1 Å². The lowest BCUT2D eigenvalue weighted by Gasteiger charge is -2.26. The SMILES string of the molecule is N#CCN1CC[C@H](N(CC#N)C2CC2)C1. The van der Waals surface area contributed by atoms with Gasteiger partial charge in [-0.15, -0.1) is 0 Å². The third-order valence-corrected chi connectivity index (χ3v) is 3.28. The first-order valence-electron chi connectivity index (χ1n) is 5.57. The lowest BCUT2D eigenvalue weighted by molar-refractivity contribution is 0.208. The molecule has 1 aliphatic heterocycles. The van der Waals surface area contributed by atoms with Crippen LogP contribution in [0.4, 0.5) is 0 Å². The Morgan fingerprint density at radius 2 is 1.93 bits per heavy atom. The summed E-state index contributed by atoms with van der Waals surface area (Å²) in [4.78, 5) is 4.51. The molecule has 2 fully saturated rings. The van der Waals surface area contributed by atoms with Crippen LogP contribution in [0.3, 0.4) is 0 Å². The summed E-state index contributed by atoms with van der Waals surface area (Å²) in [5.41, 5.74) is 0. The monoisotopic (exact) mass is 204 g/mol. The van der Waals surface area contributed by atoms with Crippen molar-refractivity contribution in [2.75, 3.05) is 26.2 Å². The van der Waals surface area contributed by atoms with Gasteiger partial charge in [-0.25, -0.2) is 0 Å². The molecule has 0 bridgehead atoms. The smallest absolute Gasteiger partial charge is 0.0871 e. The fourth-order valence-electron chi connectivity index (χ4n) is 2.37. The molecule has 1 atom stereocenters. The van der Waals surface area contributed by atoms with Gasteiger partial charge in [-0.05, 0) is 19.3 Å². The van der Waals surface area contributed by atoms with Crippen molar-refractivity contribution in [3.05, 3.63) is 0 Å². The molecular weight excluding hydrogens is 188 g/mol. The second kappa shape index (κ2) is 4.61. The standard InChI is InChI=1S/C11H16N4/c12-4-7-14-6-3-11(9-14)15(8-5-13)10-1-2-10/h10-11H,1-3,6-9H2/t11-/m0/s1. The van der Waals surface area contributed by atoms with Gasteiger partial charge in [-0.2, -0.15) is 10.5 Å². The van der Waals surface area contributed by atoms with Crippen LogP contribution < -0.4 is 0 Å². The summed E-state index contributed by atoms with van der Waals surface area (Å²) in [5.74, 6) is 0. The molecule has 0 unspecified atom stereocenters. The molecule has 0 spiro atoms. The summed E-state index contributed by atoms with van der Waals surface area (Å²) in [6.07, 6.45) is 3.60. The van der Waals surface area contributed by atoms with Crippen molar-refractivity contribution >= 4 is 0 Å². The molecule has 0 amide bonds. The summed E-state index contributed by atoms with van der Waals surface area (Å²) in [5, 5.41) is 17.4. The Balaban J connectivity index is 1.87. The number of likely N-dealkylation sites (tertiary alicyclic amines) is 1. The van der Waals surface area contributed by atoms with E-state index >= 15 is 0 Å². The first-order chi connectivity index (χ1) is 7.35. The van der Waals surface area contributed by atoms with Crippen molar-refractivity contribution in [2.45, 2.75) is 31.3 Å². The van der Waals surface area contributed by atoms with Gasteiger partial charge in [0, 0.05) is 25.2 Å². The van der Waals surface area contributed by atoms with Crippen LogP contribution in [0, 0.1) is 22.7 Å². The highest BCUT2D eigenvalue weighted by molar-refractivity contribution is 4.97. The first kappa shape index (κ1) is 10.4. The molecular formula is C11H16N4. The zero-order chi connectivity index (χ0) is 10.7. The minimum atomic E-state index is 0.505. The van der Waals surface area contributed by atoms with Gasteiger partial charge in [0.1, 0.15) is 0 Å². The van der Waals surface area contributed by atoms with E-state index in [4.69, 9.17) is 10.5 Å². The number of hydrogen-bond acceptors (Lipinski definition) is 4. The Morgan fingerprint density at radius 3 is 2.53 bits per heavy atom. The summed E-state index contributed by atoms with van der Waals surface area (Å²) in [6.45, 7) is 3.05. The highest BCUT2D eigenvalue weighted by Crippen LogP contribution is 2.30. The van der Waals surface area contributed by atoms with Gasteiger partial charge in [0.25, 0.3) is 0 Å². The molecule has 0 aromatic rings. The molecule has 1 aliphatic carbocycles. The Morgan fingerprint density at radius 1 is 1.13 bits per heavy atom. The minimum Gasteiger partial charge on any atom is -0.289 e. The normalized spacial score (nSPS) is 26.5. The van der Waals surface area contributed by atoms with Crippen LogP contribution in [0.25, 0.3) is 0 Å². The summed E-state index contributed by atoms with van der Waals surface area (Å²) in [7, 11) is 0. The van der Waals surface area contributed by atoms with E-state index in [-0.39, 0.29) is 0 Å². The molecule has 0 radical (unpaired) electrons. The maximum atomic E-state index is 8.79. The lowest BCUT2D eigenvalue weighted by atomic mass is 10.2. The highest BCUT2D eigenvalue weighted by Gasteiger charge is 2.36. The third kappa shape index (κ3) is 2.47. The second-order valence-corrected chi connectivity index (χ2v) is 4.40. The Bertz CT molecular complexity index is 297. The van der Waals surface area contributed by atoms with Gasteiger partial charge < -0.3 is 0 Å². The van der Waals surface area contributed by atoms with Crippen molar-refractivity contribution in [1.82, 2.24) is 9.80 Å². The summed E-state index contributed by atoms with van der Waals surface area (Å²) >= 11 is 0. The zero-order valence-electron chi connectivity index (χ0n) is 8.89. The van der Waals surface area contributed by atoms with Crippen LogP contribution in [-0.2, 0) is 0 Å². The number of hydrogen-bond donors (Lipinski definition) is 0. The Hall–Kier alpha value is -1.10. The average molecular weight is 204 g/mol. The number of nitrogens with zero attached hydrogens (tertiary/aromatic N) is 4. The van der Waals surface area contributed by atoms with Crippen LogP contribution in [0.15, 0.2) is 0 Å². The molecule has 80 valence electrons. The van der Waals surface area contributed by atoms with Crippen LogP contribution >= 0.6 is 0 Å². The zero-order valence-corrected chi connectivity index (χ0v) is 8.89. The van der Waals surface area contributed by atoms with E-state index in [9.17, 15) is 0 Å². The number of nitriles is 2. The van der Waals surface area contributed by atoms with Crippen LogP contribution in [0.2, 0.25) is 0 Å². The van der Waals surface area contributed by atoms with Gasteiger partial charge in [0.05, 0.1) is 25.2 Å². The molecule has 15 heavy (non-hydrogen) atoms. The van der Waals surface area contributed by atoms with Crippen LogP contribution in [0.1, 0.15) is 19.3 Å². The Kier molecular flexibility index (Phi) is 3.20. The molecule has 4 nitrogen and oxygen atoms in total. The van der Waals surface area contributed by atoms with E-state index in [1.165, 1.54) is 12.8 Å². The van der Waals surface area contributed by atoms with E-state index in [2.05, 4.69) is 21.9 Å². The predicted octanol–water partition coefficient (Wildman–Crippen LogP) is 0.572. The number of rotatable bonds is 4. The molecule has 0 aromatic heterocycles. The highest BCUT2D eigenvalue weighted by atomic mass is 15.3. The molecule has 1 saturated carbocycles. The van der Waals surface area contributed by atoms with Crippen molar-refractivity contribution in [1.29, 1.82) is 10.5 Å². The predicted molar refractivity (Wildman–Crippen MR) is 55.8 cm³/mol. The van der Waals surface area contributed by atoms with Gasteiger partial charge >= 0.3 is 0 Å². The van der Waals surface area contributed by atoms with Crippen molar-refractivity contribution in [3.63, 3.8) is 0 Å². The molecule has 1 heterocycles. The lowest BCUT2D eigenvalue weighted by Crippen LogP contribution is -2.39. The molecule has 0 N–H and O–H groups in total. The molecule has 2 rings (SSSR count). The summed E-state index contributed by atoms with van der Waals surface area (Å²) in [6, 6.07) is 5.60. The fourth-order valence-corrected chi connectivity index (χ4v) is 2.37. The van der Waals surface area contributed by atoms with Crippen molar-refractivity contribution < 1.29 is 0 Å². The van der Waals surface area contributed by atoms with Crippen LogP contribution in [-0.4, -0.2) is 48.1 Å². The summed E-state index contributed by atoms with van der Waals surface area (Å²) < 4.78 is 0.